The Morgan fingerprint density at radius 1 is 1.32 bits per heavy atom. The number of rotatable bonds is 3. The highest BCUT2D eigenvalue weighted by Gasteiger charge is 2.44. The van der Waals surface area contributed by atoms with Gasteiger partial charge < -0.3 is 19.3 Å². The van der Waals surface area contributed by atoms with E-state index in [0.29, 0.717) is 6.61 Å². The third kappa shape index (κ3) is 2.44. The summed E-state index contributed by atoms with van der Waals surface area (Å²) in [6.07, 6.45) is 2.95. The van der Waals surface area contributed by atoms with Crippen LogP contribution in [-0.4, -0.2) is 55.1 Å². The average Bonchev–Trinajstić information content (AvgIpc) is 2.58. The first-order valence-electron chi connectivity index (χ1n) is 7.39. The van der Waals surface area contributed by atoms with E-state index in [1.165, 1.54) is 11.1 Å². The predicted octanol–water partition coefficient (Wildman–Crippen LogP) is 1.67. The summed E-state index contributed by atoms with van der Waals surface area (Å²) in [4.78, 5) is 0. The van der Waals surface area contributed by atoms with Crippen LogP contribution in [0.1, 0.15) is 17.2 Å². The Kier molecular flexibility index (Phi) is 4.49. The van der Waals surface area contributed by atoms with Crippen LogP contribution >= 0.6 is 11.8 Å². The smallest absolute Gasteiger partial charge is 0.400 e. The Morgan fingerprint density at radius 2 is 2.05 bits per heavy atom. The Hall–Kier alpha value is -1.40. The summed E-state index contributed by atoms with van der Waals surface area (Å²) in [6.45, 7) is 1.54. The van der Waals surface area contributed by atoms with Gasteiger partial charge in [0.25, 0.3) is 0 Å². The van der Waals surface area contributed by atoms with E-state index in [-0.39, 0.29) is 18.6 Å². The topological polar surface area (TPSA) is 50.9 Å². The third-order valence-corrected chi connectivity index (χ3v) is 5.13. The van der Waals surface area contributed by atoms with E-state index in [9.17, 15) is 5.11 Å². The van der Waals surface area contributed by atoms with E-state index < -0.39 is 0 Å². The van der Waals surface area contributed by atoms with Crippen molar-refractivity contribution in [3.63, 3.8) is 0 Å². The van der Waals surface area contributed by atoms with Crippen molar-refractivity contribution in [1.82, 2.24) is 0 Å². The molecular weight excluding hydrogens is 302 g/mol. The number of fused-ring (bicyclic) bond motifs is 3. The van der Waals surface area contributed by atoms with Crippen molar-refractivity contribution < 1.29 is 23.9 Å². The summed E-state index contributed by atoms with van der Waals surface area (Å²) in [5.74, 6) is 1.56. The summed E-state index contributed by atoms with van der Waals surface area (Å²) in [5.41, 5.74) is 2.47. The zero-order valence-corrected chi connectivity index (χ0v) is 14.0. The van der Waals surface area contributed by atoms with Gasteiger partial charge in [-0.2, -0.15) is 4.58 Å². The van der Waals surface area contributed by atoms with Gasteiger partial charge in [-0.15, -0.1) is 0 Å². The van der Waals surface area contributed by atoms with Crippen LogP contribution in [0.4, 0.5) is 0 Å². The van der Waals surface area contributed by atoms with Gasteiger partial charge >= 0.3 is 5.23 Å². The monoisotopic (exact) mass is 324 g/mol. The second kappa shape index (κ2) is 6.38. The van der Waals surface area contributed by atoms with Crippen molar-refractivity contribution in [3.8, 4) is 11.5 Å². The molecule has 0 amide bonds. The van der Waals surface area contributed by atoms with Gasteiger partial charge in [0, 0.05) is 12.0 Å². The standard InChI is InChI=1S/C16H22NO4S/c1-19-13-6-10-4-5-17-15(12(10)7-14(13)20-2)11(8-18)9-21-16(17)22-3/h6-7,11,15,18H,4-5,8-9H2,1-3H3/q+1. The quantitative estimate of drug-likeness (QED) is 0.857. The molecule has 2 aliphatic rings. The van der Waals surface area contributed by atoms with Crippen LogP contribution in [-0.2, 0) is 11.2 Å². The van der Waals surface area contributed by atoms with Gasteiger partial charge in [-0.1, -0.05) is 0 Å². The molecule has 0 radical (unpaired) electrons. The lowest BCUT2D eigenvalue weighted by molar-refractivity contribution is -0.598. The first-order valence-corrected chi connectivity index (χ1v) is 8.62. The molecule has 2 heterocycles. The van der Waals surface area contributed by atoms with Crippen LogP contribution in [0.25, 0.3) is 0 Å². The van der Waals surface area contributed by atoms with Crippen molar-refractivity contribution in [2.45, 2.75) is 12.5 Å². The Bertz CT molecular complexity index is 602. The number of thioether (sulfide) groups is 1. The van der Waals surface area contributed by atoms with E-state index in [1.807, 2.05) is 6.26 Å². The molecule has 3 rings (SSSR count). The molecule has 2 aliphatic heterocycles. The number of aliphatic hydroxyl groups is 1. The second-order valence-corrected chi connectivity index (χ2v) is 6.28. The first kappa shape index (κ1) is 15.5. The maximum atomic E-state index is 9.76. The Morgan fingerprint density at radius 3 is 2.68 bits per heavy atom. The van der Waals surface area contributed by atoms with Gasteiger partial charge in [-0.25, -0.2) is 0 Å². The van der Waals surface area contributed by atoms with Crippen molar-refractivity contribution in [1.29, 1.82) is 0 Å². The fraction of sp³-hybridized carbons (Fsp3) is 0.562. The van der Waals surface area contributed by atoms with Gasteiger partial charge in [-0.05, 0) is 35.7 Å². The van der Waals surface area contributed by atoms with Crippen LogP contribution in [0.3, 0.4) is 0 Å². The molecule has 6 heteroatoms. The molecule has 1 aromatic carbocycles. The third-order valence-electron chi connectivity index (χ3n) is 4.43. The van der Waals surface area contributed by atoms with Gasteiger partial charge in [-0.3, -0.25) is 0 Å². The van der Waals surface area contributed by atoms with Gasteiger partial charge in [0.2, 0.25) is 0 Å². The molecule has 0 aliphatic carbocycles. The number of aliphatic hydroxyl groups excluding tert-OH is 1. The van der Waals surface area contributed by atoms with Crippen LogP contribution in [0, 0.1) is 5.92 Å². The minimum atomic E-state index is 0.0630. The van der Waals surface area contributed by atoms with Gasteiger partial charge in [0.15, 0.2) is 24.1 Å². The molecule has 22 heavy (non-hydrogen) atoms. The number of hydrogen-bond acceptors (Lipinski definition) is 5. The van der Waals surface area contributed by atoms with Crippen molar-refractivity contribution in [3.05, 3.63) is 23.3 Å². The van der Waals surface area contributed by atoms with Crippen LogP contribution < -0.4 is 9.47 Å². The predicted molar refractivity (Wildman–Crippen MR) is 86.2 cm³/mol. The van der Waals surface area contributed by atoms with Crippen molar-refractivity contribution in [2.75, 3.05) is 40.2 Å². The van der Waals surface area contributed by atoms with E-state index in [0.717, 1.165) is 29.7 Å². The fourth-order valence-corrected chi connectivity index (χ4v) is 4.00. The highest BCUT2D eigenvalue weighted by atomic mass is 32.2. The summed E-state index contributed by atoms with van der Waals surface area (Å²) in [6, 6.07) is 4.25. The Balaban J connectivity index is 2.13. The molecule has 5 nitrogen and oxygen atoms in total. The number of hydrogen-bond donors (Lipinski definition) is 1. The number of methoxy groups -OCH3 is 2. The minimum absolute atomic E-state index is 0.0630. The van der Waals surface area contributed by atoms with Crippen molar-refractivity contribution in [2.24, 2.45) is 5.92 Å². The maximum Gasteiger partial charge on any atom is 0.400 e. The van der Waals surface area contributed by atoms with E-state index in [2.05, 4.69) is 16.7 Å². The molecule has 120 valence electrons. The van der Waals surface area contributed by atoms with E-state index in [1.54, 1.807) is 26.0 Å². The molecule has 2 atom stereocenters. The zero-order chi connectivity index (χ0) is 15.7. The second-order valence-electron chi connectivity index (χ2n) is 5.52. The molecule has 0 bridgehead atoms. The molecule has 0 spiro atoms. The molecule has 0 saturated carbocycles. The lowest BCUT2D eigenvalue weighted by Crippen LogP contribution is -2.43. The number of benzene rings is 1. The van der Waals surface area contributed by atoms with Crippen LogP contribution in [0.2, 0.25) is 0 Å². The molecular formula is C16H22NO4S+. The van der Waals surface area contributed by atoms with Crippen LogP contribution in [0.5, 0.6) is 11.5 Å². The summed E-state index contributed by atoms with van der Waals surface area (Å²) >= 11 is 1.62. The lowest BCUT2D eigenvalue weighted by Gasteiger charge is -2.33. The number of nitrogens with zero attached hydrogens (tertiary/aromatic N) is 1. The zero-order valence-electron chi connectivity index (χ0n) is 13.2. The SMILES string of the molecule is COc1cc2c(cc1OC)C1C(CO)COC(SC)=[N+]1CC2. The lowest BCUT2D eigenvalue weighted by atomic mass is 9.85. The molecule has 1 N–H and O–H groups in total. The first-order chi connectivity index (χ1) is 10.7. The molecule has 0 fully saturated rings. The summed E-state index contributed by atoms with van der Waals surface area (Å²) in [7, 11) is 3.31. The number of ether oxygens (including phenoxy) is 3. The largest absolute Gasteiger partial charge is 0.493 e. The highest BCUT2D eigenvalue weighted by molar-refractivity contribution is 8.12. The summed E-state index contributed by atoms with van der Waals surface area (Å²) in [5, 5.41) is 10.7. The van der Waals surface area contributed by atoms with E-state index >= 15 is 0 Å². The molecule has 1 aromatic rings. The van der Waals surface area contributed by atoms with Gasteiger partial charge in [0.05, 0.1) is 26.7 Å². The fourth-order valence-electron chi connectivity index (χ4n) is 3.37. The van der Waals surface area contributed by atoms with E-state index in [4.69, 9.17) is 14.2 Å². The molecule has 0 saturated heterocycles. The van der Waals surface area contributed by atoms with Crippen LogP contribution in [0.15, 0.2) is 12.1 Å². The van der Waals surface area contributed by atoms with Gasteiger partial charge in [0.1, 0.15) is 6.61 Å². The maximum absolute atomic E-state index is 9.76. The highest BCUT2D eigenvalue weighted by Crippen LogP contribution is 2.41. The minimum Gasteiger partial charge on any atom is -0.493 e. The summed E-state index contributed by atoms with van der Waals surface area (Å²) < 4.78 is 18.9. The molecule has 0 aromatic heterocycles. The molecule has 2 unspecified atom stereocenters. The normalized spacial score (nSPS) is 23.5. The average molecular weight is 324 g/mol. The Labute approximate surface area is 134 Å². The van der Waals surface area contributed by atoms with Crippen molar-refractivity contribution >= 4 is 17.0 Å².